The number of carbonyl (C=O) groups is 2. The standard InChI is InChI=1S/C32H40N2O4/c1-7-34(8-2)25-13-9-23(10-14-25)30-29(32(36)38-19-20(3)4)21(5)33-27-17-24(18-28(35)31(27)30)22-11-15-26(37-6)16-12-22/h9-16,20,24,30,33H,7-8,17-19H2,1-6H3/t24-,30+/m0/s1. The molecule has 0 aromatic heterocycles. The summed E-state index contributed by atoms with van der Waals surface area (Å²) in [4.78, 5) is 29.5. The molecule has 0 saturated heterocycles. The second-order valence-corrected chi connectivity index (χ2v) is 10.5. The quantitative estimate of drug-likeness (QED) is 0.406. The molecule has 2 aromatic carbocycles. The second-order valence-electron chi connectivity index (χ2n) is 10.5. The van der Waals surface area contributed by atoms with Gasteiger partial charge in [0, 0.05) is 48.1 Å². The maximum absolute atomic E-state index is 13.8. The number of ketones is 1. The first-order chi connectivity index (χ1) is 18.3. The van der Waals surface area contributed by atoms with Gasteiger partial charge in [0.15, 0.2) is 5.78 Å². The monoisotopic (exact) mass is 516 g/mol. The zero-order chi connectivity index (χ0) is 27.4. The largest absolute Gasteiger partial charge is 0.497 e. The molecule has 2 aromatic rings. The second kappa shape index (κ2) is 11.9. The van der Waals surface area contributed by atoms with Crippen molar-refractivity contribution in [2.24, 2.45) is 5.92 Å². The Morgan fingerprint density at radius 3 is 2.21 bits per heavy atom. The first-order valence-corrected chi connectivity index (χ1v) is 13.7. The van der Waals surface area contributed by atoms with Crippen LogP contribution in [0.1, 0.15) is 70.4 Å². The first kappa shape index (κ1) is 27.5. The Balaban J connectivity index is 1.74. The van der Waals surface area contributed by atoms with Crippen LogP contribution in [0.3, 0.4) is 0 Å². The van der Waals surface area contributed by atoms with E-state index in [-0.39, 0.29) is 23.6 Å². The number of hydrogen-bond acceptors (Lipinski definition) is 6. The SMILES string of the molecule is CCN(CC)c1ccc([C@@H]2C(C(=O)OCC(C)C)=C(C)NC3=C2C(=O)C[C@@H](c2ccc(OC)cc2)C3)cc1. The molecule has 2 atom stereocenters. The Morgan fingerprint density at radius 1 is 1.00 bits per heavy atom. The molecule has 0 amide bonds. The lowest BCUT2D eigenvalue weighted by Crippen LogP contribution is -2.36. The number of hydrogen-bond donors (Lipinski definition) is 1. The summed E-state index contributed by atoms with van der Waals surface area (Å²) in [6, 6.07) is 16.2. The molecule has 0 saturated carbocycles. The highest BCUT2D eigenvalue weighted by Gasteiger charge is 2.41. The fourth-order valence-corrected chi connectivity index (χ4v) is 5.54. The lowest BCUT2D eigenvalue weighted by atomic mass is 9.71. The number of anilines is 1. The van der Waals surface area contributed by atoms with Crippen LogP contribution in [0, 0.1) is 5.92 Å². The Hall–Kier alpha value is -3.54. The molecule has 0 radical (unpaired) electrons. The van der Waals surface area contributed by atoms with Crippen molar-refractivity contribution in [1.82, 2.24) is 5.32 Å². The van der Waals surface area contributed by atoms with E-state index in [1.54, 1.807) is 7.11 Å². The molecule has 1 heterocycles. The van der Waals surface area contributed by atoms with Gasteiger partial charge < -0.3 is 19.7 Å². The summed E-state index contributed by atoms with van der Waals surface area (Å²) in [6.07, 6.45) is 1.10. The predicted octanol–water partition coefficient (Wildman–Crippen LogP) is 6.10. The van der Waals surface area contributed by atoms with Gasteiger partial charge in [0.1, 0.15) is 5.75 Å². The van der Waals surface area contributed by atoms with Crippen LogP contribution in [-0.4, -0.2) is 38.6 Å². The number of carbonyl (C=O) groups excluding carboxylic acids is 2. The van der Waals surface area contributed by atoms with E-state index >= 15 is 0 Å². The molecular weight excluding hydrogens is 476 g/mol. The van der Waals surface area contributed by atoms with Crippen LogP contribution in [0.5, 0.6) is 5.75 Å². The topological polar surface area (TPSA) is 67.9 Å². The van der Waals surface area contributed by atoms with Crippen molar-refractivity contribution in [3.8, 4) is 5.75 Å². The minimum absolute atomic E-state index is 0.0626. The fraction of sp³-hybridized carbons (Fsp3) is 0.438. The van der Waals surface area contributed by atoms with E-state index in [0.717, 1.165) is 47.0 Å². The normalized spacial score (nSPS) is 19.3. The molecule has 2 aliphatic rings. The van der Waals surface area contributed by atoms with E-state index in [9.17, 15) is 9.59 Å². The molecule has 202 valence electrons. The van der Waals surface area contributed by atoms with Gasteiger partial charge in [-0.3, -0.25) is 4.79 Å². The minimum Gasteiger partial charge on any atom is -0.497 e. The van der Waals surface area contributed by atoms with E-state index in [1.165, 1.54) is 0 Å². The van der Waals surface area contributed by atoms with Gasteiger partial charge in [0.2, 0.25) is 0 Å². The van der Waals surface area contributed by atoms with Crippen LogP contribution >= 0.6 is 0 Å². The number of dihydropyridines is 1. The predicted molar refractivity (Wildman–Crippen MR) is 151 cm³/mol. The third-order valence-electron chi connectivity index (χ3n) is 7.54. The smallest absolute Gasteiger partial charge is 0.336 e. The number of nitrogens with zero attached hydrogens (tertiary/aromatic N) is 1. The first-order valence-electron chi connectivity index (χ1n) is 13.7. The van der Waals surface area contributed by atoms with Crippen LogP contribution in [0.15, 0.2) is 71.1 Å². The van der Waals surface area contributed by atoms with E-state index in [4.69, 9.17) is 9.47 Å². The third kappa shape index (κ3) is 5.64. The van der Waals surface area contributed by atoms with Crippen molar-refractivity contribution in [2.45, 2.75) is 59.3 Å². The molecular formula is C32H40N2O4. The van der Waals surface area contributed by atoms with E-state index in [0.29, 0.717) is 30.6 Å². The Labute approximate surface area is 226 Å². The lowest BCUT2D eigenvalue weighted by molar-refractivity contribution is -0.140. The zero-order valence-corrected chi connectivity index (χ0v) is 23.5. The molecule has 0 fully saturated rings. The molecule has 0 spiro atoms. The number of Topliss-reactive ketones (excluding diaryl/α,β-unsaturated/α-hetero) is 1. The summed E-state index contributed by atoms with van der Waals surface area (Å²) in [5.74, 6) is 0.327. The molecule has 4 rings (SSSR count). The minimum atomic E-state index is -0.457. The van der Waals surface area contributed by atoms with Gasteiger partial charge in [-0.2, -0.15) is 0 Å². The number of nitrogens with one attached hydrogen (secondary N) is 1. The van der Waals surface area contributed by atoms with Gasteiger partial charge in [0.25, 0.3) is 0 Å². The average molecular weight is 517 g/mol. The van der Waals surface area contributed by atoms with E-state index < -0.39 is 5.92 Å². The van der Waals surface area contributed by atoms with Crippen LogP contribution in [0.25, 0.3) is 0 Å². The van der Waals surface area contributed by atoms with Crippen molar-refractivity contribution >= 4 is 17.4 Å². The van der Waals surface area contributed by atoms with Crippen LogP contribution in [0.4, 0.5) is 5.69 Å². The Morgan fingerprint density at radius 2 is 1.63 bits per heavy atom. The molecule has 1 aliphatic carbocycles. The molecule has 6 heteroatoms. The molecule has 0 unspecified atom stereocenters. The highest BCUT2D eigenvalue weighted by atomic mass is 16.5. The van der Waals surface area contributed by atoms with Crippen LogP contribution in [0.2, 0.25) is 0 Å². The Kier molecular flexibility index (Phi) is 8.60. The van der Waals surface area contributed by atoms with Gasteiger partial charge >= 0.3 is 5.97 Å². The average Bonchev–Trinajstić information content (AvgIpc) is 2.92. The van der Waals surface area contributed by atoms with Crippen molar-refractivity contribution in [1.29, 1.82) is 0 Å². The van der Waals surface area contributed by atoms with Crippen LogP contribution < -0.4 is 15.0 Å². The third-order valence-corrected chi connectivity index (χ3v) is 7.54. The van der Waals surface area contributed by atoms with Gasteiger partial charge in [0.05, 0.1) is 19.3 Å². The summed E-state index contributed by atoms with van der Waals surface area (Å²) in [5.41, 5.74) is 6.03. The zero-order valence-electron chi connectivity index (χ0n) is 23.5. The van der Waals surface area contributed by atoms with Gasteiger partial charge in [-0.05, 0) is 74.4 Å². The highest BCUT2D eigenvalue weighted by molar-refractivity contribution is 6.04. The summed E-state index contributed by atoms with van der Waals surface area (Å²) < 4.78 is 11.0. The summed E-state index contributed by atoms with van der Waals surface area (Å²) in [6.45, 7) is 12.4. The summed E-state index contributed by atoms with van der Waals surface area (Å²) >= 11 is 0. The summed E-state index contributed by atoms with van der Waals surface area (Å²) in [5, 5.41) is 3.44. The van der Waals surface area contributed by atoms with E-state index in [1.807, 2.05) is 45.0 Å². The van der Waals surface area contributed by atoms with E-state index in [2.05, 4.69) is 48.3 Å². The molecule has 38 heavy (non-hydrogen) atoms. The summed E-state index contributed by atoms with van der Waals surface area (Å²) in [7, 11) is 1.65. The lowest BCUT2D eigenvalue weighted by Gasteiger charge is -2.37. The molecule has 1 aliphatic heterocycles. The Bertz CT molecular complexity index is 1220. The van der Waals surface area contributed by atoms with Gasteiger partial charge in [-0.1, -0.05) is 38.1 Å². The highest BCUT2D eigenvalue weighted by Crippen LogP contribution is 2.46. The van der Waals surface area contributed by atoms with Gasteiger partial charge in [-0.15, -0.1) is 0 Å². The fourth-order valence-electron chi connectivity index (χ4n) is 5.54. The number of methoxy groups -OCH3 is 1. The number of esters is 1. The van der Waals surface area contributed by atoms with Crippen molar-refractivity contribution < 1.29 is 19.1 Å². The maximum atomic E-state index is 13.8. The number of allylic oxidation sites excluding steroid dienone is 3. The number of benzene rings is 2. The molecule has 0 bridgehead atoms. The van der Waals surface area contributed by atoms with Crippen molar-refractivity contribution in [2.75, 3.05) is 31.7 Å². The van der Waals surface area contributed by atoms with Gasteiger partial charge in [-0.25, -0.2) is 4.79 Å². The van der Waals surface area contributed by atoms with Crippen molar-refractivity contribution in [3.05, 3.63) is 82.2 Å². The number of rotatable bonds is 9. The van der Waals surface area contributed by atoms with Crippen molar-refractivity contribution in [3.63, 3.8) is 0 Å². The van der Waals surface area contributed by atoms with Crippen LogP contribution in [-0.2, 0) is 14.3 Å². The maximum Gasteiger partial charge on any atom is 0.336 e. The number of ether oxygens (including phenoxy) is 2. The molecule has 6 nitrogen and oxygen atoms in total. The molecule has 1 N–H and O–H groups in total.